The van der Waals surface area contributed by atoms with Crippen molar-refractivity contribution in [1.82, 2.24) is 0 Å². The molecule has 0 unspecified atom stereocenters. The summed E-state index contributed by atoms with van der Waals surface area (Å²) in [6.45, 7) is 0. The van der Waals surface area contributed by atoms with Gasteiger partial charge in [-0.25, -0.2) is 0 Å². The second-order valence-corrected chi connectivity index (χ2v) is 24.6. The first-order chi connectivity index (χ1) is 20.3. The summed E-state index contributed by atoms with van der Waals surface area (Å²) in [6, 6.07) is 30.2. The van der Waals surface area contributed by atoms with E-state index in [9.17, 15) is 0 Å². The van der Waals surface area contributed by atoms with Crippen LogP contribution >= 0.6 is 0 Å². The van der Waals surface area contributed by atoms with Gasteiger partial charge in [0.05, 0.1) is 0 Å². The number of rotatable bonds is 3. The van der Waals surface area contributed by atoms with E-state index in [1.807, 2.05) is 11.1 Å². The molecule has 0 nitrogen and oxygen atoms in total. The Morgan fingerprint density at radius 1 is 0.463 bits per heavy atom. The van der Waals surface area contributed by atoms with Gasteiger partial charge in [0, 0.05) is 0 Å². The minimum absolute atomic E-state index is 0.998. The molecule has 0 spiro atoms. The molecule has 1 heteroatoms. The van der Waals surface area contributed by atoms with Crippen LogP contribution in [0.4, 0.5) is 0 Å². The van der Waals surface area contributed by atoms with Crippen molar-refractivity contribution in [2.75, 3.05) is 0 Å². The van der Waals surface area contributed by atoms with Gasteiger partial charge in [0.25, 0.3) is 0 Å². The van der Waals surface area contributed by atoms with Gasteiger partial charge in [0.2, 0.25) is 0 Å². The number of benzene rings is 4. The van der Waals surface area contributed by atoms with Crippen LogP contribution in [-0.4, -0.2) is 0 Å². The second kappa shape index (κ2) is 10.8. The van der Waals surface area contributed by atoms with Crippen molar-refractivity contribution < 1.29 is 20.3 Å². The molecule has 0 N–H and O–H groups in total. The van der Waals surface area contributed by atoms with Gasteiger partial charge < -0.3 is 0 Å². The quantitative estimate of drug-likeness (QED) is 0.216. The maximum Gasteiger partial charge on any atom is -0.00992 e. The molecule has 4 aliphatic carbocycles. The summed E-state index contributed by atoms with van der Waals surface area (Å²) in [7, 11) is 0. The van der Waals surface area contributed by atoms with Crippen LogP contribution in [0.15, 0.2) is 132 Å². The van der Waals surface area contributed by atoms with Gasteiger partial charge in [-0.1, -0.05) is 84.9 Å². The molecule has 0 bridgehead atoms. The van der Waals surface area contributed by atoms with E-state index in [2.05, 4.69) is 109 Å². The fraction of sp³-hybridized carbons (Fsp3) is 0.300. The van der Waals surface area contributed by atoms with Crippen LogP contribution in [0, 0.1) is 0 Å². The smallest absolute Gasteiger partial charge is 0.00992 e. The maximum atomic E-state index is 2.69. The van der Waals surface area contributed by atoms with Crippen molar-refractivity contribution in [1.29, 1.82) is 0 Å². The molecule has 1 saturated heterocycles. The summed E-state index contributed by atoms with van der Waals surface area (Å²) < 4.78 is 5.34. The van der Waals surface area contributed by atoms with E-state index in [0.29, 0.717) is 0 Å². The number of hydrogen-bond acceptors (Lipinski definition) is 0. The molecule has 0 saturated carbocycles. The van der Waals surface area contributed by atoms with Crippen LogP contribution in [0.3, 0.4) is 0 Å². The molecule has 1 heterocycles. The van der Waals surface area contributed by atoms with Crippen molar-refractivity contribution in [3.05, 3.63) is 132 Å². The topological polar surface area (TPSA) is 0 Å². The summed E-state index contributed by atoms with van der Waals surface area (Å²) in [5.74, 6) is 0. The Bertz CT molecular complexity index is 1620. The van der Waals surface area contributed by atoms with E-state index in [0.717, 1.165) is 7.25 Å². The van der Waals surface area contributed by atoms with Crippen molar-refractivity contribution in [2.45, 2.75) is 66.9 Å². The van der Waals surface area contributed by atoms with Gasteiger partial charge in [0.1, 0.15) is 0 Å². The molecule has 0 radical (unpaired) electrons. The third-order valence-corrected chi connectivity index (χ3v) is 23.6. The van der Waals surface area contributed by atoms with Gasteiger partial charge in [-0.3, -0.25) is 0 Å². The van der Waals surface area contributed by atoms with Crippen molar-refractivity contribution in [3.8, 4) is 11.1 Å². The molecule has 2 atom stereocenters. The summed E-state index contributed by atoms with van der Waals surface area (Å²) in [6.07, 6.45) is 21.9. The Morgan fingerprint density at radius 2 is 0.902 bits per heavy atom. The largest absolute Gasteiger partial charge is 0.0616 e. The molecule has 1 aliphatic heterocycles. The summed E-state index contributed by atoms with van der Waals surface area (Å²) in [5, 5.41) is 5.20. The van der Waals surface area contributed by atoms with E-state index in [1.165, 1.54) is 84.0 Å². The zero-order valence-corrected chi connectivity index (χ0v) is 26.6. The first-order valence-corrected chi connectivity index (χ1v) is 22.4. The van der Waals surface area contributed by atoms with Crippen LogP contribution < -0.4 is 0 Å². The molecule has 41 heavy (non-hydrogen) atoms. The van der Waals surface area contributed by atoms with Crippen LogP contribution in [0.1, 0.15) is 51.4 Å². The van der Waals surface area contributed by atoms with Gasteiger partial charge in [0.15, 0.2) is 0 Å². The van der Waals surface area contributed by atoms with E-state index >= 15 is 0 Å². The Morgan fingerprint density at radius 3 is 1.39 bits per heavy atom. The Kier molecular flexibility index (Phi) is 6.84. The van der Waals surface area contributed by atoms with Crippen molar-refractivity contribution in [3.63, 3.8) is 0 Å². The van der Waals surface area contributed by atoms with E-state index < -0.39 is 20.3 Å². The Hall–Kier alpha value is -2.76. The molecule has 0 aromatic heterocycles. The summed E-state index contributed by atoms with van der Waals surface area (Å²) in [4.78, 5) is 0. The van der Waals surface area contributed by atoms with Gasteiger partial charge in [-0.15, -0.1) is 0 Å². The SMILES string of the molecule is C1=C[C@@H]([Zr]2([C@@H]3C=CC4=C3CCCC4)[CH2][CH2]2)C2=C1CCCC2.c1ccc2c(-c3cccc4ccccc34)cccc2c1. The third-order valence-electron chi connectivity index (χ3n) is 10.8. The Labute approximate surface area is 250 Å². The zero-order valence-electron chi connectivity index (χ0n) is 24.1. The van der Waals surface area contributed by atoms with Crippen LogP contribution in [-0.2, 0) is 20.3 Å². The molecule has 4 aromatic carbocycles. The average Bonchev–Trinajstić information content (AvgIpc) is 3.51. The van der Waals surface area contributed by atoms with E-state index in [1.54, 1.807) is 19.4 Å². The molecular weight excluding hydrogens is 572 g/mol. The standard InChI is InChI=1S/C20H14.2C9H11.C2H4.Zr/c1-3-11-17-15(7-1)9-5-13-19(17)20-14-6-10-16-8-2-4-12-18(16)20;2*1-2-5-9-7-3-6-8(9)4-1;1-2;/h1-14H;2*3,6-7H,1-2,4-5H2;1-2H2;. The molecule has 5 aliphatic rings. The van der Waals surface area contributed by atoms with Gasteiger partial charge >= 0.3 is 134 Å². The number of fused-ring (bicyclic) bond motifs is 2. The van der Waals surface area contributed by atoms with Crippen molar-refractivity contribution >= 4 is 21.5 Å². The summed E-state index contributed by atoms with van der Waals surface area (Å²) in [5.41, 5.74) is 10.0. The molecule has 204 valence electrons. The second-order valence-electron chi connectivity index (χ2n) is 13.0. The average molecular weight is 612 g/mol. The van der Waals surface area contributed by atoms with Crippen LogP contribution in [0.2, 0.25) is 15.5 Å². The number of allylic oxidation sites excluding steroid dienone is 8. The van der Waals surface area contributed by atoms with Crippen molar-refractivity contribution in [2.24, 2.45) is 0 Å². The van der Waals surface area contributed by atoms with Gasteiger partial charge in [-0.05, 0) is 32.7 Å². The predicted octanol–water partition coefficient (Wildman–Crippen LogP) is 12.1. The molecular formula is C40H40Zr. The van der Waals surface area contributed by atoms with Gasteiger partial charge in [-0.2, -0.15) is 0 Å². The fourth-order valence-electron chi connectivity index (χ4n) is 8.61. The van der Waals surface area contributed by atoms with E-state index in [4.69, 9.17) is 0 Å². The van der Waals surface area contributed by atoms with E-state index in [-0.39, 0.29) is 0 Å². The first-order valence-electron chi connectivity index (χ1n) is 16.1. The fourth-order valence-corrected chi connectivity index (χ4v) is 24.9. The maximum absolute atomic E-state index is 2.69. The molecule has 4 aromatic rings. The number of hydrogen-bond donors (Lipinski definition) is 0. The minimum atomic E-state index is -1.96. The first kappa shape index (κ1) is 25.9. The Balaban J connectivity index is 0.000000125. The molecule has 0 amide bonds. The molecule has 1 fully saturated rings. The van der Waals surface area contributed by atoms with Crippen LogP contribution in [0.5, 0.6) is 0 Å². The summed E-state index contributed by atoms with van der Waals surface area (Å²) >= 11 is -1.96. The van der Waals surface area contributed by atoms with Crippen LogP contribution in [0.25, 0.3) is 32.7 Å². The minimum Gasteiger partial charge on any atom is -0.0616 e. The zero-order chi connectivity index (χ0) is 27.2. The third kappa shape index (κ3) is 4.60. The normalized spacial score (nSPS) is 23.9. The monoisotopic (exact) mass is 610 g/mol. The predicted molar refractivity (Wildman–Crippen MR) is 173 cm³/mol. The molecule has 9 rings (SSSR count).